The second kappa shape index (κ2) is 6.16. The summed E-state index contributed by atoms with van der Waals surface area (Å²) in [4.78, 5) is 0. The van der Waals surface area contributed by atoms with Gasteiger partial charge in [-0.3, -0.25) is 0 Å². The van der Waals surface area contributed by atoms with Crippen molar-refractivity contribution in [1.29, 1.82) is 0 Å². The number of hydrogen-bond donors (Lipinski definition) is 3. The van der Waals surface area contributed by atoms with Gasteiger partial charge in [-0.25, -0.2) is 0 Å². The molecular weight excluding hydrogens is 236 g/mol. The number of alkyl halides is 1. The van der Waals surface area contributed by atoms with E-state index in [1.807, 2.05) is 7.05 Å². The summed E-state index contributed by atoms with van der Waals surface area (Å²) in [5.41, 5.74) is 5.53. The molecule has 0 aromatic carbocycles. The van der Waals surface area contributed by atoms with Gasteiger partial charge in [0.2, 0.25) is 0 Å². The molecule has 5 heteroatoms. The van der Waals surface area contributed by atoms with Gasteiger partial charge in [-0.15, -0.1) is 0 Å². The SMILES string of the molecule is CC[I-]NP(N)NC. The van der Waals surface area contributed by atoms with Gasteiger partial charge < -0.3 is 0 Å². The van der Waals surface area contributed by atoms with Crippen molar-refractivity contribution >= 4 is 8.37 Å². The van der Waals surface area contributed by atoms with Crippen LogP contribution in [0.4, 0.5) is 0 Å². The number of rotatable bonds is 4. The van der Waals surface area contributed by atoms with Gasteiger partial charge in [0.05, 0.1) is 0 Å². The van der Waals surface area contributed by atoms with Crippen molar-refractivity contribution in [3.63, 3.8) is 0 Å². The molecule has 0 aliphatic heterocycles. The molecule has 1 unspecified atom stereocenters. The molecule has 0 radical (unpaired) electrons. The van der Waals surface area contributed by atoms with E-state index in [1.165, 1.54) is 4.43 Å². The van der Waals surface area contributed by atoms with Crippen LogP contribution in [0.2, 0.25) is 0 Å². The Morgan fingerprint density at radius 1 is 1.75 bits per heavy atom. The Kier molecular flexibility index (Phi) is 6.97. The van der Waals surface area contributed by atoms with Crippen LogP contribution in [0.1, 0.15) is 6.92 Å². The number of hydrogen-bond acceptors (Lipinski definition) is 3. The average Bonchev–Trinajstić information content (AvgIpc) is 1.83. The van der Waals surface area contributed by atoms with Gasteiger partial charge in [0.25, 0.3) is 0 Å². The molecule has 0 aromatic heterocycles. The molecule has 0 rings (SSSR count). The molecule has 0 aromatic rings. The normalized spacial score (nSPS) is 14.4. The van der Waals surface area contributed by atoms with Gasteiger partial charge in [0, 0.05) is 0 Å². The molecule has 0 saturated heterocycles. The molecule has 0 heterocycles. The first-order chi connectivity index (χ1) is 3.81. The Balaban J connectivity index is 2.86. The molecule has 0 bridgehead atoms. The zero-order valence-corrected chi connectivity index (χ0v) is 8.16. The summed E-state index contributed by atoms with van der Waals surface area (Å²) in [7, 11) is 1.34. The van der Waals surface area contributed by atoms with Gasteiger partial charge in [0.1, 0.15) is 0 Å². The van der Waals surface area contributed by atoms with Crippen molar-refractivity contribution < 1.29 is 21.5 Å². The Labute approximate surface area is 62.3 Å². The summed E-state index contributed by atoms with van der Waals surface area (Å²) in [5, 5.41) is 2.96. The summed E-state index contributed by atoms with van der Waals surface area (Å²) < 4.78 is 4.47. The molecule has 0 aliphatic carbocycles. The van der Waals surface area contributed by atoms with Gasteiger partial charge in [-0.1, -0.05) is 0 Å². The molecule has 3 nitrogen and oxygen atoms in total. The number of nitrogens with two attached hydrogens (primary N) is 1. The second-order valence-electron chi connectivity index (χ2n) is 1.08. The van der Waals surface area contributed by atoms with Crippen LogP contribution in [0.25, 0.3) is 0 Å². The van der Waals surface area contributed by atoms with E-state index in [1.54, 1.807) is 0 Å². The van der Waals surface area contributed by atoms with Crippen molar-refractivity contribution in [3.8, 4) is 0 Å². The van der Waals surface area contributed by atoms with E-state index in [-0.39, 0.29) is 21.5 Å². The molecule has 0 spiro atoms. The monoisotopic (exact) mass is 248 g/mol. The fourth-order valence-corrected chi connectivity index (χ4v) is 3.35. The predicted octanol–water partition coefficient (Wildman–Crippen LogP) is -3.00. The Morgan fingerprint density at radius 3 is 2.75 bits per heavy atom. The number of nitrogens with one attached hydrogen (secondary N) is 2. The Hall–Kier alpha value is 1.04. The molecule has 0 amide bonds. The van der Waals surface area contributed by atoms with E-state index in [9.17, 15) is 0 Å². The van der Waals surface area contributed by atoms with E-state index in [0.29, 0.717) is 0 Å². The second-order valence-corrected chi connectivity index (χ2v) is 6.17. The van der Waals surface area contributed by atoms with Crippen molar-refractivity contribution in [1.82, 2.24) is 8.39 Å². The zero-order valence-electron chi connectivity index (χ0n) is 5.11. The van der Waals surface area contributed by atoms with Crippen LogP contribution in [0.5, 0.6) is 0 Å². The van der Waals surface area contributed by atoms with E-state index in [0.717, 1.165) is 0 Å². The maximum absolute atomic E-state index is 5.53. The van der Waals surface area contributed by atoms with Crippen molar-refractivity contribution in [2.45, 2.75) is 6.92 Å². The Bertz CT molecular complexity index is 53.8. The van der Waals surface area contributed by atoms with E-state index in [2.05, 4.69) is 15.3 Å². The fourth-order valence-electron chi connectivity index (χ4n) is 0.166. The van der Waals surface area contributed by atoms with Crippen LogP contribution in [0.3, 0.4) is 0 Å². The van der Waals surface area contributed by atoms with Gasteiger partial charge in [-0.05, 0) is 0 Å². The van der Waals surface area contributed by atoms with Crippen LogP contribution >= 0.6 is 8.37 Å². The molecule has 8 heavy (non-hydrogen) atoms. The summed E-state index contributed by atoms with van der Waals surface area (Å²) in [6, 6.07) is 0. The average molecular weight is 248 g/mol. The van der Waals surface area contributed by atoms with Crippen molar-refractivity contribution in [2.24, 2.45) is 5.50 Å². The van der Waals surface area contributed by atoms with Crippen LogP contribution in [0, 0.1) is 0 Å². The van der Waals surface area contributed by atoms with Crippen LogP contribution in [-0.4, -0.2) is 11.5 Å². The summed E-state index contributed by atoms with van der Waals surface area (Å²) in [6.45, 7) is 2.17. The van der Waals surface area contributed by atoms with Gasteiger partial charge in [0.15, 0.2) is 0 Å². The minimum atomic E-state index is -0.535. The van der Waals surface area contributed by atoms with Crippen LogP contribution in [-0.2, 0) is 0 Å². The summed E-state index contributed by atoms with van der Waals surface area (Å²) >= 11 is 0.173. The van der Waals surface area contributed by atoms with E-state index < -0.39 is 8.37 Å². The first kappa shape index (κ1) is 9.04. The van der Waals surface area contributed by atoms with Crippen LogP contribution in [0.15, 0.2) is 0 Å². The summed E-state index contributed by atoms with van der Waals surface area (Å²) in [6.07, 6.45) is 0. The van der Waals surface area contributed by atoms with Gasteiger partial charge >= 0.3 is 62.1 Å². The third-order valence-electron chi connectivity index (χ3n) is 0.525. The Morgan fingerprint density at radius 2 is 2.38 bits per heavy atom. The standard InChI is InChI=1S/C3H12IN3P/c1-3-4-7-8(5)6-2/h6-7H,3,5H2,1-2H3/q-1. The third kappa shape index (κ3) is 5.18. The first-order valence-corrected chi connectivity index (χ1v) is 6.38. The fraction of sp³-hybridized carbons (Fsp3) is 1.00. The molecule has 52 valence electrons. The number of halogens is 1. The summed E-state index contributed by atoms with van der Waals surface area (Å²) in [5.74, 6) is 0. The van der Waals surface area contributed by atoms with E-state index in [4.69, 9.17) is 5.50 Å². The topological polar surface area (TPSA) is 50.1 Å². The minimum absolute atomic E-state index is 0.173. The quantitative estimate of drug-likeness (QED) is 0.215. The predicted molar refractivity (Wildman–Crippen MR) is 33.8 cm³/mol. The zero-order chi connectivity index (χ0) is 6.41. The molecule has 1 atom stereocenters. The third-order valence-corrected chi connectivity index (χ3v) is 4.65. The first-order valence-electron chi connectivity index (χ1n) is 2.37. The molecule has 0 saturated carbocycles. The van der Waals surface area contributed by atoms with Crippen LogP contribution < -0.4 is 35.4 Å². The van der Waals surface area contributed by atoms with Gasteiger partial charge in [-0.2, -0.15) is 0 Å². The van der Waals surface area contributed by atoms with Crippen molar-refractivity contribution in [2.75, 3.05) is 11.5 Å². The molecule has 0 fully saturated rings. The van der Waals surface area contributed by atoms with Crippen molar-refractivity contribution in [3.05, 3.63) is 0 Å². The molecule has 4 N–H and O–H groups in total. The van der Waals surface area contributed by atoms with E-state index >= 15 is 0 Å². The molecular formula is C3H12IN3P-. The maximum atomic E-state index is 5.53. The molecule has 0 aliphatic rings.